The summed E-state index contributed by atoms with van der Waals surface area (Å²) in [7, 11) is 0. The first-order chi connectivity index (χ1) is 7.58. The second-order valence-corrected chi connectivity index (χ2v) is 2.79. The van der Waals surface area contributed by atoms with E-state index in [-0.39, 0.29) is 5.82 Å². The molecule has 0 aliphatic carbocycles. The van der Waals surface area contributed by atoms with Crippen molar-refractivity contribution < 1.29 is 19.1 Å². The Morgan fingerprint density at radius 2 is 1.81 bits per heavy atom. The zero-order valence-corrected chi connectivity index (χ0v) is 8.11. The molecule has 5 nitrogen and oxygen atoms in total. The number of carboxylic acid groups (broad SMARTS) is 1. The number of rotatable bonds is 4. The van der Waals surface area contributed by atoms with Crippen molar-refractivity contribution in [2.24, 2.45) is 0 Å². The van der Waals surface area contributed by atoms with Gasteiger partial charge in [-0.2, -0.15) is 0 Å². The lowest BCUT2D eigenvalue weighted by Crippen LogP contribution is -2.27. The maximum Gasteiger partial charge on any atom is 0.328 e. The molecule has 6 heteroatoms. The standard InChI is InChI=1S/C10H9FN2O3/c11-7-1-3-8(4-2-7)12-13-9(14)5-6-10(15)16/h1-6,12H,(H,13,14)(H,15,16). The van der Waals surface area contributed by atoms with E-state index in [4.69, 9.17) is 5.11 Å². The highest BCUT2D eigenvalue weighted by Crippen LogP contribution is 2.06. The Labute approximate surface area is 90.6 Å². The summed E-state index contributed by atoms with van der Waals surface area (Å²) in [6.07, 6.45) is 1.57. The number of nitrogens with one attached hydrogen (secondary N) is 2. The van der Waals surface area contributed by atoms with Gasteiger partial charge in [-0.05, 0) is 24.3 Å². The molecule has 1 aromatic rings. The molecule has 0 unspecified atom stereocenters. The molecule has 1 amide bonds. The average molecular weight is 224 g/mol. The van der Waals surface area contributed by atoms with Gasteiger partial charge in [0.2, 0.25) is 0 Å². The number of amides is 1. The van der Waals surface area contributed by atoms with Crippen LogP contribution in [-0.2, 0) is 9.59 Å². The van der Waals surface area contributed by atoms with Crippen molar-refractivity contribution in [2.45, 2.75) is 0 Å². The van der Waals surface area contributed by atoms with E-state index in [2.05, 4.69) is 10.9 Å². The molecule has 0 radical (unpaired) electrons. The van der Waals surface area contributed by atoms with Gasteiger partial charge >= 0.3 is 5.97 Å². The highest BCUT2D eigenvalue weighted by atomic mass is 19.1. The molecule has 0 saturated heterocycles. The van der Waals surface area contributed by atoms with Crippen LogP contribution < -0.4 is 10.9 Å². The number of aliphatic carboxylic acids is 1. The predicted octanol–water partition coefficient (Wildman–Crippen LogP) is 0.910. The molecule has 1 aromatic carbocycles. The lowest BCUT2D eigenvalue weighted by atomic mass is 10.3. The van der Waals surface area contributed by atoms with Crippen LogP contribution in [0.25, 0.3) is 0 Å². The van der Waals surface area contributed by atoms with Crippen molar-refractivity contribution in [1.29, 1.82) is 0 Å². The number of carboxylic acids is 1. The first kappa shape index (κ1) is 11.7. The van der Waals surface area contributed by atoms with Gasteiger partial charge in [-0.25, -0.2) is 9.18 Å². The van der Waals surface area contributed by atoms with Gasteiger partial charge in [0.25, 0.3) is 5.91 Å². The minimum atomic E-state index is -1.21. The second-order valence-electron chi connectivity index (χ2n) is 2.79. The molecule has 0 aliphatic rings. The molecule has 0 saturated carbocycles. The van der Waals surface area contributed by atoms with E-state index in [1.165, 1.54) is 24.3 Å². The molecule has 3 N–H and O–H groups in total. The third kappa shape index (κ3) is 4.23. The van der Waals surface area contributed by atoms with E-state index in [1.54, 1.807) is 0 Å². The fourth-order valence-electron chi connectivity index (χ4n) is 0.856. The van der Waals surface area contributed by atoms with Gasteiger partial charge in [-0.15, -0.1) is 0 Å². The van der Waals surface area contributed by atoms with Crippen LogP contribution >= 0.6 is 0 Å². The number of hydrazine groups is 1. The highest BCUT2D eigenvalue weighted by Gasteiger charge is 1.96. The molecular formula is C10H9FN2O3. The Bertz CT molecular complexity index is 415. The summed E-state index contributed by atoms with van der Waals surface area (Å²) >= 11 is 0. The van der Waals surface area contributed by atoms with Crippen LogP contribution in [0.1, 0.15) is 0 Å². The normalized spacial score (nSPS) is 10.1. The largest absolute Gasteiger partial charge is 0.478 e. The average Bonchev–Trinajstić information content (AvgIpc) is 2.25. The van der Waals surface area contributed by atoms with Gasteiger partial charge in [0.1, 0.15) is 5.82 Å². The fraction of sp³-hybridized carbons (Fsp3) is 0. The first-order valence-corrected chi connectivity index (χ1v) is 4.30. The summed E-state index contributed by atoms with van der Waals surface area (Å²) in [5.74, 6) is -2.22. The van der Waals surface area contributed by atoms with E-state index in [1.807, 2.05) is 0 Å². The molecule has 84 valence electrons. The number of benzene rings is 1. The summed E-state index contributed by atoms with van der Waals surface area (Å²) in [5, 5.41) is 8.25. The van der Waals surface area contributed by atoms with Crippen molar-refractivity contribution in [3.05, 3.63) is 42.2 Å². The van der Waals surface area contributed by atoms with Crippen molar-refractivity contribution in [3.63, 3.8) is 0 Å². The monoisotopic (exact) mass is 224 g/mol. The molecule has 0 aliphatic heterocycles. The third-order valence-electron chi connectivity index (χ3n) is 1.55. The van der Waals surface area contributed by atoms with Gasteiger partial charge < -0.3 is 5.11 Å². The van der Waals surface area contributed by atoms with Crippen LogP contribution in [0.2, 0.25) is 0 Å². The van der Waals surface area contributed by atoms with Gasteiger partial charge in [0.15, 0.2) is 0 Å². The van der Waals surface area contributed by atoms with E-state index in [0.717, 1.165) is 6.08 Å². The minimum absolute atomic E-state index is 0.386. The molecule has 0 bridgehead atoms. The Morgan fingerprint density at radius 3 is 2.38 bits per heavy atom. The van der Waals surface area contributed by atoms with Crippen molar-refractivity contribution in [3.8, 4) is 0 Å². The van der Waals surface area contributed by atoms with Gasteiger partial charge in [-0.1, -0.05) is 0 Å². The summed E-state index contributed by atoms with van der Waals surface area (Å²) in [5.41, 5.74) is 5.18. The zero-order valence-electron chi connectivity index (χ0n) is 8.11. The van der Waals surface area contributed by atoms with Gasteiger partial charge in [0.05, 0.1) is 5.69 Å². The van der Waals surface area contributed by atoms with Crippen LogP contribution in [0.5, 0.6) is 0 Å². The van der Waals surface area contributed by atoms with E-state index < -0.39 is 11.9 Å². The smallest absolute Gasteiger partial charge is 0.328 e. The maximum atomic E-state index is 12.5. The molecule has 1 rings (SSSR count). The molecule has 0 heterocycles. The molecule has 0 fully saturated rings. The summed E-state index contributed by atoms with van der Waals surface area (Å²) < 4.78 is 12.5. The lowest BCUT2D eigenvalue weighted by molar-refractivity contribution is -0.131. The van der Waals surface area contributed by atoms with Crippen molar-refractivity contribution in [2.75, 3.05) is 5.43 Å². The molecule has 0 aromatic heterocycles. The van der Waals surface area contributed by atoms with Gasteiger partial charge in [0, 0.05) is 12.2 Å². The van der Waals surface area contributed by atoms with Crippen molar-refractivity contribution >= 4 is 17.6 Å². The molecular weight excluding hydrogens is 215 g/mol. The van der Waals surface area contributed by atoms with Gasteiger partial charge in [-0.3, -0.25) is 15.6 Å². The predicted molar refractivity (Wildman–Crippen MR) is 54.9 cm³/mol. The summed E-state index contributed by atoms with van der Waals surface area (Å²) in [6, 6.07) is 5.30. The number of carbonyl (C=O) groups is 2. The maximum absolute atomic E-state index is 12.5. The first-order valence-electron chi connectivity index (χ1n) is 4.30. The number of halogens is 1. The fourth-order valence-corrected chi connectivity index (χ4v) is 0.856. The highest BCUT2D eigenvalue weighted by molar-refractivity contribution is 5.94. The summed E-state index contributed by atoms with van der Waals surface area (Å²) in [4.78, 5) is 21.1. The van der Waals surface area contributed by atoms with Crippen LogP contribution in [0, 0.1) is 5.82 Å². The second kappa shape index (κ2) is 5.50. The van der Waals surface area contributed by atoms with Crippen LogP contribution in [0.4, 0.5) is 10.1 Å². The Kier molecular flexibility index (Phi) is 4.02. The van der Waals surface area contributed by atoms with E-state index in [0.29, 0.717) is 11.8 Å². The minimum Gasteiger partial charge on any atom is -0.478 e. The van der Waals surface area contributed by atoms with Crippen LogP contribution in [0.3, 0.4) is 0 Å². The Hall–Kier alpha value is -2.37. The summed E-state index contributed by atoms with van der Waals surface area (Å²) in [6.45, 7) is 0. The lowest BCUT2D eigenvalue weighted by Gasteiger charge is -2.05. The van der Waals surface area contributed by atoms with E-state index >= 15 is 0 Å². The molecule has 0 atom stereocenters. The number of hydrogen-bond acceptors (Lipinski definition) is 3. The molecule has 16 heavy (non-hydrogen) atoms. The number of carbonyl (C=O) groups excluding carboxylic acids is 1. The quantitative estimate of drug-likeness (QED) is 0.524. The number of anilines is 1. The zero-order chi connectivity index (χ0) is 12.0. The Morgan fingerprint density at radius 1 is 1.19 bits per heavy atom. The van der Waals surface area contributed by atoms with Crippen LogP contribution in [-0.4, -0.2) is 17.0 Å². The molecule has 0 spiro atoms. The van der Waals surface area contributed by atoms with Crippen molar-refractivity contribution in [1.82, 2.24) is 5.43 Å². The third-order valence-corrected chi connectivity index (χ3v) is 1.55. The SMILES string of the molecule is O=C(O)C=CC(=O)NNc1ccc(F)cc1. The Balaban J connectivity index is 2.43. The van der Waals surface area contributed by atoms with Crippen LogP contribution in [0.15, 0.2) is 36.4 Å². The number of hydrogen-bond donors (Lipinski definition) is 3. The van der Waals surface area contributed by atoms with E-state index in [9.17, 15) is 14.0 Å². The topological polar surface area (TPSA) is 78.4 Å².